The number of hydrogen-bond acceptors (Lipinski definition) is 5. The standard InChI is InChI=1S/C21H23ClF3N3O4/c1-5-12(18(29)30)15-13(22)10-27-17(16(15)23)28(19(31)32-20(2,3)4)11-21(24,25)14-8-6-7-9-26-14/h6-10,12H,5,11H2,1-4H3,(H,29,30). The molecule has 2 heterocycles. The van der Waals surface area contributed by atoms with Crippen LogP contribution in [0.4, 0.5) is 23.8 Å². The molecule has 0 radical (unpaired) electrons. The molecule has 0 spiro atoms. The van der Waals surface area contributed by atoms with Crippen molar-refractivity contribution in [2.75, 3.05) is 11.4 Å². The molecule has 2 rings (SSSR count). The molecule has 0 bridgehead atoms. The van der Waals surface area contributed by atoms with Crippen molar-refractivity contribution in [2.45, 2.75) is 51.6 Å². The first-order valence-electron chi connectivity index (χ1n) is 9.65. The van der Waals surface area contributed by atoms with Gasteiger partial charge in [0.25, 0.3) is 0 Å². The van der Waals surface area contributed by atoms with Gasteiger partial charge < -0.3 is 9.84 Å². The predicted molar refractivity (Wildman–Crippen MR) is 112 cm³/mol. The van der Waals surface area contributed by atoms with Crippen molar-refractivity contribution < 1.29 is 32.6 Å². The average Bonchev–Trinajstić information content (AvgIpc) is 2.69. The first-order valence-corrected chi connectivity index (χ1v) is 10.0. The van der Waals surface area contributed by atoms with E-state index >= 15 is 4.39 Å². The van der Waals surface area contributed by atoms with Crippen molar-refractivity contribution in [1.29, 1.82) is 0 Å². The maximum absolute atomic E-state index is 15.4. The number of carbonyl (C=O) groups is 2. The quantitative estimate of drug-likeness (QED) is 0.580. The molecule has 0 aliphatic rings. The lowest BCUT2D eigenvalue weighted by molar-refractivity contribution is -0.138. The van der Waals surface area contributed by atoms with E-state index < -0.39 is 58.9 Å². The Labute approximate surface area is 188 Å². The number of aromatic nitrogens is 2. The second-order valence-electron chi connectivity index (χ2n) is 7.94. The minimum Gasteiger partial charge on any atom is -0.481 e. The first kappa shape index (κ1) is 25.4. The molecular formula is C21H23ClF3N3O4. The average molecular weight is 474 g/mol. The van der Waals surface area contributed by atoms with E-state index in [0.29, 0.717) is 4.90 Å². The second-order valence-corrected chi connectivity index (χ2v) is 8.35. The van der Waals surface area contributed by atoms with Gasteiger partial charge in [-0.05, 0) is 39.3 Å². The van der Waals surface area contributed by atoms with Crippen LogP contribution in [0.3, 0.4) is 0 Å². The van der Waals surface area contributed by atoms with Gasteiger partial charge in [-0.25, -0.2) is 14.2 Å². The molecule has 1 atom stereocenters. The maximum atomic E-state index is 15.4. The summed E-state index contributed by atoms with van der Waals surface area (Å²) in [6.07, 6.45) is 0.735. The molecule has 0 saturated carbocycles. The maximum Gasteiger partial charge on any atom is 0.416 e. The van der Waals surface area contributed by atoms with E-state index in [0.717, 1.165) is 18.5 Å². The Kier molecular flexibility index (Phi) is 7.71. The third-order valence-corrected chi connectivity index (χ3v) is 4.61. The summed E-state index contributed by atoms with van der Waals surface area (Å²) in [7, 11) is 0. The fourth-order valence-corrected chi connectivity index (χ4v) is 3.14. The van der Waals surface area contributed by atoms with Gasteiger partial charge in [0.2, 0.25) is 0 Å². The van der Waals surface area contributed by atoms with Crippen LogP contribution in [-0.4, -0.2) is 39.3 Å². The van der Waals surface area contributed by atoms with Crippen molar-refractivity contribution in [3.63, 3.8) is 0 Å². The molecule has 11 heteroatoms. The Morgan fingerprint density at radius 3 is 2.41 bits per heavy atom. The summed E-state index contributed by atoms with van der Waals surface area (Å²) >= 11 is 5.98. The lowest BCUT2D eigenvalue weighted by Crippen LogP contribution is -2.44. The van der Waals surface area contributed by atoms with Crippen molar-refractivity contribution in [2.24, 2.45) is 0 Å². The van der Waals surface area contributed by atoms with E-state index in [1.807, 2.05) is 0 Å². The van der Waals surface area contributed by atoms with E-state index in [-0.39, 0.29) is 11.4 Å². The molecular weight excluding hydrogens is 451 g/mol. The number of pyridine rings is 2. The number of rotatable bonds is 7. The highest BCUT2D eigenvalue weighted by Crippen LogP contribution is 2.36. The zero-order valence-electron chi connectivity index (χ0n) is 17.9. The third-order valence-electron chi connectivity index (χ3n) is 4.31. The van der Waals surface area contributed by atoms with Crippen molar-refractivity contribution in [3.05, 3.63) is 52.7 Å². The van der Waals surface area contributed by atoms with Gasteiger partial charge in [0.15, 0.2) is 11.6 Å². The van der Waals surface area contributed by atoms with Gasteiger partial charge in [-0.2, -0.15) is 8.78 Å². The number of hydrogen-bond donors (Lipinski definition) is 1. The Bertz CT molecular complexity index is 984. The molecule has 1 amide bonds. The summed E-state index contributed by atoms with van der Waals surface area (Å²) in [5, 5.41) is 9.12. The highest BCUT2D eigenvalue weighted by molar-refractivity contribution is 6.31. The largest absolute Gasteiger partial charge is 0.481 e. The topological polar surface area (TPSA) is 92.6 Å². The lowest BCUT2D eigenvalue weighted by atomic mass is 9.96. The van der Waals surface area contributed by atoms with Gasteiger partial charge >= 0.3 is 18.0 Å². The molecule has 0 saturated heterocycles. The third kappa shape index (κ3) is 5.87. The molecule has 2 aromatic heterocycles. The Balaban J connectivity index is 2.62. The van der Waals surface area contributed by atoms with Gasteiger partial charge in [-0.3, -0.25) is 14.7 Å². The second kappa shape index (κ2) is 9.72. The fourth-order valence-electron chi connectivity index (χ4n) is 2.88. The summed E-state index contributed by atoms with van der Waals surface area (Å²) in [5.41, 5.74) is -2.20. The number of nitrogens with zero attached hydrogens (tertiary/aromatic N) is 3. The Morgan fingerprint density at radius 2 is 1.91 bits per heavy atom. The lowest BCUT2D eigenvalue weighted by Gasteiger charge is -2.30. The van der Waals surface area contributed by atoms with Crippen LogP contribution in [0.15, 0.2) is 30.6 Å². The summed E-state index contributed by atoms with van der Waals surface area (Å²) < 4.78 is 50.5. The predicted octanol–water partition coefficient (Wildman–Crippen LogP) is 5.38. The van der Waals surface area contributed by atoms with Crippen LogP contribution in [0.2, 0.25) is 5.02 Å². The van der Waals surface area contributed by atoms with Gasteiger partial charge in [0, 0.05) is 18.0 Å². The van der Waals surface area contributed by atoms with E-state index in [1.54, 1.807) is 0 Å². The SMILES string of the molecule is CCC(C(=O)O)c1c(Cl)cnc(N(CC(F)(F)c2ccccn2)C(=O)OC(C)(C)C)c1F. The molecule has 1 N–H and O–H groups in total. The summed E-state index contributed by atoms with van der Waals surface area (Å²) in [6, 6.07) is 3.84. The summed E-state index contributed by atoms with van der Waals surface area (Å²) in [6.45, 7) is 4.67. The highest BCUT2D eigenvalue weighted by Gasteiger charge is 2.41. The molecule has 0 aromatic carbocycles. The van der Waals surface area contributed by atoms with Crippen LogP contribution < -0.4 is 4.90 Å². The van der Waals surface area contributed by atoms with E-state index in [1.165, 1.54) is 39.8 Å². The van der Waals surface area contributed by atoms with Gasteiger partial charge in [0.1, 0.15) is 17.8 Å². The Morgan fingerprint density at radius 1 is 1.25 bits per heavy atom. The van der Waals surface area contributed by atoms with Crippen molar-refractivity contribution in [1.82, 2.24) is 9.97 Å². The van der Waals surface area contributed by atoms with Crippen LogP contribution >= 0.6 is 11.6 Å². The number of carboxylic acids is 1. The monoisotopic (exact) mass is 473 g/mol. The number of anilines is 1. The number of amides is 1. The van der Waals surface area contributed by atoms with Gasteiger partial charge in [-0.1, -0.05) is 24.6 Å². The number of carboxylic acid groups (broad SMARTS) is 1. The van der Waals surface area contributed by atoms with Gasteiger partial charge in [0.05, 0.1) is 10.9 Å². The summed E-state index contributed by atoms with van der Waals surface area (Å²) in [4.78, 5) is 32.0. The molecule has 1 unspecified atom stereocenters. The fraction of sp³-hybridized carbons (Fsp3) is 0.429. The molecule has 0 aliphatic carbocycles. The molecule has 32 heavy (non-hydrogen) atoms. The molecule has 2 aromatic rings. The molecule has 7 nitrogen and oxygen atoms in total. The number of carbonyl (C=O) groups excluding carboxylic acids is 1. The zero-order chi connectivity index (χ0) is 24.3. The molecule has 0 aliphatic heterocycles. The summed E-state index contributed by atoms with van der Waals surface area (Å²) in [5.74, 6) is -8.57. The number of ether oxygens (including phenoxy) is 1. The van der Waals surface area contributed by atoms with Crippen LogP contribution in [0.5, 0.6) is 0 Å². The van der Waals surface area contributed by atoms with Crippen LogP contribution in [-0.2, 0) is 15.5 Å². The van der Waals surface area contributed by atoms with E-state index in [9.17, 15) is 23.5 Å². The zero-order valence-corrected chi connectivity index (χ0v) is 18.7. The number of aliphatic carboxylic acids is 1. The van der Waals surface area contributed by atoms with Crippen LogP contribution in [0.25, 0.3) is 0 Å². The minimum atomic E-state index is -3.71. The Hall–Kier alpha value is -2.88. The van der Waals surface area contributed by atoms with E-state index in [2.05, 4.69) is 9.97 Å². The van der Waals surface area contributed by atoms with Crippen molar-refractivity contribution >= 4 is 29.5 Å². The molecule has 174 valence electrons. The van der Waals surface area contributed by atoms with Crippen LogP contribution in [0, 0.1) is 5.82 Å². The van der Waals surface area contributed by atoms with E-state index in [4.69, 9.17) is 16.3 Å². The van der Waals surface area contributed by atoms with Gasteiger partial charge in [-0.15, -0.1) is 0 Å². The smallest absolute Gasteiger partial charge is 0.416 e. The molecule has 0 fully saturated rings. The normalized spacial score (nSPS) is 12.9. The van der Waals surface area contributed by atoms with Crippen LogP contribution in [0.1, 0.15) is 51.3 Å². The first-order chi connectivity index (χ1) is 14.8. The highest BCUT2D eigenvalue weighted by atomic mass is 35.5. The number of halogens is 4. The van der Waals surface area contributed by atoms with Crippen molar-refractivity contribution in [3.8, 4) is 0 Å². The number of alkyl halides is 2. The minimum absolute atomic E-state index is 0.0358.